The van der Waals surface area contributed by atoms with Crippen LogP contribution < -0.4 is 22.1 Å². The molecule has 184 valence electrons. The Morgan fingerprint density at radius 3 is 2.25 bits per heavy atom. The minimum atomic E-state index is -1.11. The van der Waals surface area contributed by atoms with Crippen LogP contribution in [0.3, 0.4) is 0 Å². The van der Waals surface area contributed by atoms with Crippen LogP contribution in [0.15, 0.2) is 0 Å². The van der Waals surface area contributed by atoms with Gasteiger partial charge in [-0.3, -0.25) is 14.4 Å². The molecule has 1 fully saturated rings. The van der Waals surface area contributed by atoms with Crippen LogP contribution in [0.4, 0.5) is 0 Å². The van der Waals surface area contributed by atoms with Crippen molar-refractivity contribution in [2.24, 2.45) is 23.3 Å². The predicted molar refractivity (Wildman–Crippen MR) is 121 cm³/mol. The van der Waals surface area contributed by atoms with Gasteiger partial charge in [-0.2, -0.15) is 0 Å². The fraction of sp³-hybridized carbons (Fsp3) is 0.818. The molecule has 0 aromatic carbocycles. The highest BCUT2D eigenvalue weighted by atomic mass is 16.4. The van der Waals surface area contributed by atoms with E-state index in [4.69, 9.17) is 11.5 Å². The summed E-state index contributed by atoms with van der Waals surface area (Å²) in [5, 5.41) is 14.8. The first-order valence-electron chi connectivity index (χ1n) is 11.6. The number of nitrogens with one attached hydrogen (secondary N) is 2. The maximum atomic E-state index is 13.3. The summed E-state index contributed by atoms with van der Waals surface area (Å²) in [4.78, 5) is 51.7. The Bertz CT molecular complexity index is 655. The number of hydrogen-bond donors (Lipinski definition) is 5. The number of carboxylic acid groups (broad SMARTS) is 1. The molecule has 4 atom stereocenters. The minimum absolute atomic E-state index is 0.0812. The molecule has 10 heteroatoms. The van der Waals surface area contributed by atoms with Gasteiger partial charge < -0.3 is 32.1 Å². The highest BCUT2D eigenvalue weighted by Crippen LogP contribution is 2.21. The summed E-state index contributed by atoms with van der Waals surface area (Å²) >= 11 is 0. The van der Waals surface area contributed by atoms with Crippen molar-refractivity contribution in [3.05, 3.63) is 0 Å². The van der Waals surface area contributed by atoms with E-state index in [1.807, 2.05) is 27.7 Å². The number of amides is 3. The Morgan fingerprint density at radius 1 is 1.06 bits per heavy atom. The molecule has 1 saturated heterocycles. The van der Waals surface area contributed by atoms with Gasteiger partial charge in [-0.25, -0.2) is 4.79 Å². The summed E-state index contributed by atoms with van der Waals surface area (Å²) in [6.07, 6.45) is 3.01. The maximum absolute atomic E-state index is 13.3. The molecule has 1 aliphatic rings. The van der Waals surface area contributed by atoms with E-state index in [1.54, 1.807) is 0 Å². The van der Waals surface area contributed by atoms with E-state index in [1.165, 1.54) is 4.90 Å². The van der Waals surface area contributed by atoms with Crippen molar-refractivity contribution >= 4 is 23.7 Å². The third kappa shape index (κ3) is 8.38. The lowest BCUT2D eigenvalue weighted by Gasteiger charge is -2.31. The van der Waals surface area contributed by atoms with Crippen LogP contribution in [0.25, 0.3) is 0 Å². The smallest absolute Gasteiger partial charge is 0.326 e. The molecule has 0 aromatic heterocycles. The Hall–Kier alpha value is -2.20. The van der Waals surface area contributed by atoms with Gasteiger partial charge in [0.2, 0.25) is 17.7 Å². The Morgan fingerprint density at radius 2 is 1.72 bits per heavy atom. The van der Waals surface area contributed by atoms with Crippen LogP contribution in [-0.2, 0) is 19.2 Å². The zero-order valence-corrected chi connectivity index (χ0v) is 19.8. The van der Waals surface area contributed by atoms with Gasteiger partial charge in [0, 0.05) is 6.54 Å². The molecular formula is C22H41N5O5. The summed E-state index contributed by atoms with van der Waals surface area (Å²) in [5.74, 6) is -2.28. The van der Waals surface area contributed by atoms with Crippen LogP contribution in [0.5, 0.6) is 0 Å². The summed E-state index contributed by atoms with van der Waals surface area (Å²) in [6, 6.07) is -3.31. The van der Waals surface area contributed by atoms with E-state index >= 15 is 0 Å². The van der Waals surface area contributed by atoms with E-state index in [9.17, 15) is 24.3 Å². The molecule has 4 unspecified atom stereocenters. The molecular weight excluding hydrogens is 414 g/mol. The van der Waals surface area contributed by atoms with Gasteiger partial charge >= 0.3 is 5.97 Å². The predicted octanol–water partition coefficient (Wildman–Crippen LogP) is 0.190. The SMILES string of the molecule is CC(C)CC(NC(=O)C(N)C(C)C)C(=O)N1CCCC1C(=O)NC(CCCCN)C(=O)O. The number of carboxylic acids is 1. The van der Waals surface area contributed by atoms with Gasteiger partial charge in [0.15, 0.2) is 0 Å². The van der Waals surface area contributed by atoms with Crippen molar-refractivity contribution < 1.29 is 24.3 Å². The molecule has 7 N–H and O–H groups in total. The lowest BCUT2D eigenvalue weighted by molar-refractivity contribution is -0.145. The maximum Gasteiger partial charge on any atom is 0.326 e. The molecule has 0 saturated carbocycles. The van der Waals surface area contributed by atoms with Gasteiger partial charge in [0.25, 0.3) is 0 Å². The largest absolute Gasteiger partial charge is 0.480 e. The van der Waals surface area contributed by atoms with E-state index in [0.717, 1.165) is 0 Å². The average molecular weight is 456 g/mol. The quantitative estimate of drug-likeness (QED) is 0.247. The summed E-state index contributed by atoms with van der Waals surface area (Å²) in [5.41, 5.74) is 11.4. The number of likely N-dealkylation sites (tertiary alicyclic amines) is 1. The Labute approximate surface area is 190 Å². The molecule has 1 rings (SSSR count). The van der Waals surface area contributed by atoms with Crippen LogP contribution in [0, 0.1) is 11.8 Å². The number of carbonyl (C=O) groups excluding carboxylic acids is 3. The topological polar surface area (TPSA) is 168 Å². The Balaban J connectivity index is 2.91. The van der Waals surface area contributed by atoms with Crippen molar-refractivity contribution in [2.75, 3.05) is 13.1 Å². The number of carbonyl (C=O) groups is 4. The van der Waals surface area contributed by atoms with Gasteiger partial charge in [-0.1, -0.05) is 27.7 Å². The van der Waals surface area contributed by atoms with Crippen LogP contribution in [0.1, 0.15) is 66.2 Å². The average Bonchev–Trinajstić information content (AvgIpc) is 3.20. The fourth-order valence-electron chi connectivity index (χ4n) is 3.78. The van der Waals surface area contributed by atoms with E-state index in [0.29, 0.717) is 45.2 Å². The highest BCUT2D eigenvalue weighted by Gasteiger charge is 2.39. The lowest BCUT2D eigenvalue weighted by Crippen LogP contribution is -2.57. The third-order valence-corrected chi connectivity index (χ3v) is 5.74. The fourth-order valence-corrected chi connectivity index (χ4v) is 3.78. The van der Waals surface area contributed by atoms with Gasteiger partial charge in [-0.05, 0) is 56.9 Å². The minimum Gasteiger partial charge on any atom is -0.480 e. The van der Waals surface area contributed by atoms with Crippen molar-refractivity contribution in [2.45, 2.75) is 90.4 Å². The molecule has 1 aliphatic heterocycles. The van der Waals surface area contributed by atoms with Crippen molar-refractivity contribution in [3.63, 3.8) is 0 Å². The first-order chi connectivity index (χ1) is 15.0. The summed E-state index contributed by atoms with van der Waals surface area (Å²) < 4.78 is 0. The number of aliphatic carboxylic acids is 1. The lowest BCUT2D eigenvalue weighted by atomic mass is 10.00. The standard InChI is InChI=1S/C22H41N5O5/c1-13(2)12-16(26-20(29)18(24)14(3)4)21(30)27-11-7-9-17(27)19(28)25-15(22(31)32)8-5-6-10-23/h13-18H,5-12,23-24H2,1-4H3,(H,25,28)(H,26,29)(H,31,32). The molecule has 0 spiro atoms. The van der Waals surface area contributed by atoms with Gasteiger partial charge in [0.1, 0.15) is 18.1 Å². The molecule has 3 amide bonds. The monoisotopic (exact) mass is 455 g/mol. The van der Waals surface area contributed by atoms with E-state index < -0.39 is 42.0 Å². The molecule has 0 aliphatic carbocycles. The highest BCUT2D eigenvalue weighted by molar-refractivity contribution is 5.94. The molecule has 0 bridgehead atoms. The first kappa shape index (κ1) is 27.8. The number of nitrogens with two attached hydrogens (primary N) is 2. The molecule has 1 heterocycles. The van der Waals surface area contributed by atoms with E-state index in [-0.39, 0.29) is 24.2 Å². The Kier molecular flexibility index (Phi) is 11.6. The third-order valence-electron chi connectivity index (χ3n) is 5.74. The van der Waals surface area contributed by atoms with Crippen molar-refractivity contribution in [1.82, 2.24) is 15.5 Å². The second kappa shape index (κ2) is 13.4. The molecule has 0 aromatic rings. The summed E-state index contributed by atoms with van der Waals surface area (Å²) in [7, 11) is 0. The van der Waals surface area contributed by atoms with Crippen molar-refractivity contribution in [3.8, 4) is 0 Å². The van der Waals surface area contributed by atoms with Gasteiger partial charge in [-0.15, -0.1) is 0 Å². The van der Waals surface area contributed by atoms with Crippen molar-refractivity contribution in [1.29, 1.82) is 0 Å². The van der Waals surface area contributed by atoms with E-state index in [2.05, 4.69) is 10.6 Å². The molecule has 32 heavy (non-hydrogen) atoms. The van der Waals surface area contributed by atoms with Gasteiger partial charge in [0.05, 0.1) is 6.04 Å². The number of rotatable bonds is 13. The van der Waals surface area contributed by atoms with Crippen LogP contribution in [-0.4, -0.2) is 71.0 Å². The zero-order valence-electron chi connectivity index (χ0n) is 19.8. The summed E-state index contributed by atoms with van der Waals surface area (Å²) in [6.45, 7) is 8.38. The van der Waals surface area contributed by atoms with Crippen LogP contribution >= 0.6 is 0 Å². The van der Waals surface area contributed by atoms with Crippen LogP contribution in [0.2, 0.25) is 0 Å². The number of hydrogen-bond acceptors (Lipinski definition) is 6. The second-order valence-corrected chi connectivity index (χ2v) is 9.33. The first-order valence-corrected chi connectivity index (χ1v) is 11.6. The normalized spacial score (nSPS) is 19.0. The zero-order chi connectivity index (χ0) is 24.4. The molecule has 0 radical (unpaired) electrons. The number of unbranched alkanes of at least 4 members (excludes halogenated alkanes) is 1. The molecule has 10 nitrogen and oxygen atoms in total. The second-order valence-electron chi connectivity index (χ2n) is 9.33. The number of nitrogens with zero attached hydrogens (tertiary/aromatic N) is 1.